The quantitative estimate of drug-likeness (QED) is 0.560. The van der Waals surface area contributed by atoms with Crippen LogP contribution in [0.1, 0.15) is 22.8 Å². The van der Waals surface area contributed by atoms with Crippen molar-refractivity contribution < 1.29 is 14.3 Å². The molecule has 3 rings (SSSR count). The summed E-state index contributed by atoms with van der Waals surface area (Å²) < 4.78 is 10.4. The Morgan fingerprint density at radius 3 is 2.27 bits per heavy atom. The molecule has 0 bridgehead atoms. The number of ether oxygens (including phenoxy) is 2. The monoisotopic (exact) mass is 348 g/mol. The molecule has 0 aromatic heterocycles. The van der Waals surface area contributed by atoms with Gasteiger partial charge in [0.2, 0.25) is 0 Å². The smallest absolute Gasteiger partial charge is 0.271 e. The molecule has 1 amide bonds. The van der Waals surface area contributed by atoms with E-state index in [2.05, 4.69) is 22.7 Å². The van der Waals surface area contributed by atoms with Gasteiger partial charge in [0.25, 0.3) is 5.91 Å². The Kier molecular flexibility index (Phi) is 5.17. The fraction of sp³-hybridized carbons (Fsp3) is 0.143. The molecule has 0 aliphatic carbocycles. The molecule has 0 unspecified atom stereocenters. The van der Waals surface area contributed by atoms with Gasteiger partial charge in [-0.15, -0.1) is 0 Å². The first-order chi connectivity index (χ1) is 12.6. The molecule has 0 atom stereocenters. The van der Waals surface area contributed by atoms with E-state index >= 15 is 0 Å². The molecule has 26 heavy (non-hydrogen) atoms. The normalized spacial score (nSPS) is 11.3. The number of hydrogen-bond donors (Lipinski definition) is 1. The summed E-state index contributed by atoms with van der Waals surface area (Å²) in [6.45, 7) is 1.86. The second-order valence-corrected chi connectivity index (χ2v) is 5.77. The van der Waals surface area contributed by atoms with Gasteiger partial charge >= 0.3 is 0 Å². The van der Waals surface area contributed by atoms with Gasteiger partial charge in [0.15, 0.2) is 11.5 Å². The molecule has 3 aromatic rings. The maximum Gasteiger partial charge on any atom is 0.271 e. The largest absolute Gasteiger partial charge is 0.493 e. The number of benzene rings is 3. The van der Waals surface area contributed by atoms with Crippen molar-refractivity contribution in [3.8, 4) is 11.5 Å². The minimum atomic E-state index is -0.314. The highest BCUT2D eigenvalue weighted by atomic mass is 16.5. The van der Waals surface area contributed by atoms with Crippen molar-refractivity contribution in [2.45, 2.75) is 6.92 Å². The van der Waals surface area contributed by atoms with Gasteiger partial charge in [0, 0.05) is 5.56 Å². The third-order valence-electron chi connectivity index (χ3n) is 4.14. The second kappa shape index (κ2) is 7.70. The van der Waals surface area contributed by atoms with Crippen LogP contribution in [0.5, 0.6) is 11.5 Å². The molecule has 1 N–H and O–H groups in total. The van der Waals surface area contributed by atoms with Crippen LogP contribution < -0.4 is 14.9 Å². The third kappa shape index (κ3) is 3.67. The molecule has 0 aliphatic rings. The van der Waals surface area contributed by atoms with Gasteiger partial charge < -0.3 is 9.47 Å². The van der Waals surface area contributed by atoms with Crippen molar-refractivity contribution in [1.29, 1.82) is 0 Å². The number of hydrogen-bond acceptors (Lipinski definition) is 4. The number of rotatable bonds is 5. The minimum Gasteiger partial charge on any atom is -0.493 e. The van der Waals surface area contributed by atoms with Crippen molar-refractivity contribution in [3.63, 3.8) is 0 Å². The van der Waals surface area contributed by atoms with E-state index < -0.39 is 0 Å². The molecule has 0 saturated heterocycles. The highest BCUT2D eigenvalue weighted by Gasteiger charge is 2.10. The van der Waals surface area contributed by atoms with Crippen molar-refractivity contribution in [3.05, 3.63) is 71.8 Å². The fourth-order valence-electron chi connectivity index (χ4n) is 2.66. The van der Waals surface area contributed by atoms with Crippen LogP contribution in [0.25, 0.3) is 10.8 Å². The van der Waals surface area contributed by atoms with Gasteiger partial charge in [-0.1, -0.05) is 36.4 Å². The summed E-state index contributed by atoms with van der Waals surface area (Å²) >= 11 is 0. The lowest BCUT2D eigenvalue weighted by molar-refractivity contribution is 0.0954. The molecule has 5 heteroatoms. The first-order valence-corrected chi connectivity index (χ1v) is 8.18. The number of carbonyl (C=O) groups excluding carboxylic acids is 1. The molecule has 0 saturated carbocycles. The zero-order valence-electron chi connectivity index (χ0n) is 14.9. The van der Waals surface area contributed by atoms with Gasteiger partial charge in [-0.2, -0.15) is 5.10 Å². The highest BCUT2D eigenvalue weighted by Crippen LogP contribution is 2.27. The maximum absolute atomic E-state index is 12.3. The van der Waals surface area contributed by atoms with Crippen molar-refractivity contribution in [2.75, 3.05) is 14.2 Å². The predicted molar refractivity (Wildman–Crippen MR) is 103 cm³/mol. The lowest BCUT2D eigenvalue weighted by Crippen LogP contribution is -2.19. The van der Waals surface area contributed by atoms with E-state index in [4.69, 9.17) is 9.47 Å². The van der Waals surface area contributed by atoms with Crippen LogP contribution in [0.3, 0.4) is 0 Å². The number of hydrazone groups is 1. The maximum atomic E-state index is 12.3. The molecule has 0 aliphatic heterocycles. The van der Waals surface area contributed by atoms with E-state index in [0.29, 0.717) is 17.1 Å². The Labute approximate surface area is 152 Å². The van der Waals surface area contributed by atoms with E-state index in [1.54, 1.807) is 25.3 Å². The van der Waals surface area contributed by atoms with E-state index in [9.17, 15) is 4.79 Å². The first kappa shape index (κ1) is 17.5. The van der Waals surface area contributed by atoms with E-state index in [1.165, 1.54) is 12.5 Å². The number of nitrogens with one attached hydrogen (secondary N) is 1. The van der Waals surface area contributed by atoms with Crippen LogP contribution in [-0.2, 0) is 0 Å². The van der Waals surface area contributed by atoms with Crippen molar-refractivity contribution >= 4 is 22.4 Å². The van der Waals surface area contributed by atoms with E-state index in [1.807, 2.05) is 37.3 Å². The standard InChI is InChI=1S/C21H20N2O3/c1-14(16-9-8-15-6-4-5-7-17(15)12-16)22-23-21(24)18-10-11-19(25-2)20(13-18)26-3/h4-13H,1-3H3,(H,23,24)/b22-14+. The molecule has 3 aromatic carbocycles. The van der Waals surface area contributed by atoms with Crippen molar-refractivity contribution in [1.82, 2.24) is 5.43 Å². The lowest BCUT2D eigenvalue weighted by atomic mass is 10.0. The number of nitrogens with zero attached hydrogens (tertiary/aromatic N) is 1. The number of carbonyl (C=O) groups is 1. The average Bonchev–Trinajstić information content (AvgIpc) is 2.70. The van der Waals surface area contributed by atoms with Crippen LogP contribution in [-0.4, -0.2) is 25.8 Å². The van der Waals surface area contributed by atoms with Crippen LogP contribution in [0.4, 0.5) is 0 Å². The number of methoxy groups -OCH3 is 2. The van der Waals surface area contributed by atoms with Crippen LogP contribution in [0.15, 0.2) is 65.8 Å². The zero-order chi connectivity index (χ0) is 18.5. The molecule has 132 valence electrons. The second-order valence-electron chi connectivity index (χ2n) is 5.77. The summed E-state index contributed by atoms with van der Waals surface area (Å²) in [5.41, 5.74) is 4.71. The van der Waals surface area contributed by atoms with Crippen LogP contribution in [0.2, 0.25) is 0 Å². The van der Waals surface area contributed by atoms with Gasteiger partial charge in [0.05, 0.1) is 19.9 Å². The molecule has 0 radical (unpaired) electrons. The summed E-state index contributed by atoms with van der Waals surface area (Å²) in [6.07, 6.45) is 0. The molecule has 5 nitrogen and oxygen atoms in total. The molecule has 0 spiro atoms. The van der Waals surface area contributed by atoms with Crippen molar-refractivity contribution in [2.24, 2.45) is 5.10 Å². The summed E-state index contributed by atoms with van der Waals surface area (Å²) in [4.78, 5) is 12.3. The van der Waals surface area contributed by atoms with Crippen LogP contribution in [0, 0.1) is 0 Å². The predicted octanol–water partition coefficient (Wildman–Crippen LogP) is 4.01. The Morgan fingerprint density at radius 1 is 0.846 bits per heavy atom. The van der Waals surface area contributed by atoms with E-state index in [-0.39, 0.29) is 5.91 Å². The highest BCUT2D eigenvalue weighted by molar-refractivity contribution is 6.03. The average molecular weight is 348 g/mol. The fourth-order valence-corrected chi connectivity index (χ4v) is 2.66. The first-order valence-electron chi connectivity index (χ1n) is 8.18. The Balaban J connectivity index is 1.78. The third-order valence-corrected chi connectivity index (χ3v) is 4.14. The van der Waals surface area contributed by atoms with Gasteiger partial charge in [-0.3, -0.25) is 4.79 Å². The SMILES string of the molecule is COc1ccc(C(=O)N/N=C(\C)c2ccc3ccccc3c2)cc1OC. The lowest BCUT2D eigenvalue weighted by Gasteiger charge is -2.09. The Bertz CT molecular complexity index is 980. The summed E-state index contributed by atoms with van der Waals surface area (Å²) in [5, 5.41) is 6.52. The Hall–Kier alpha value is -3.34. The van der Waals surface area contributed by atoms with Gasteiger partial charge in [-0.05, 0) is 47.5 Å². The van der Waals surface area contributed by atoms with Gasteiger partial charge in [-0.25, -0.2) is 5.43 Å². The minimum absolute atomic E-state index is 0.314. The number of fused-ring (bicyclic) bond motifs is 1. The summed E-state index contributed by atoms with van der Waals surface area (Å²) in [6, 6.07) is 19.2. The molecule has 0 fully saturated rings. The Morgan fingerprint density at radius 2 is 1.54 bits per heavy atom. The molecular formula is C21H20N2O3. The van der Waals surface area contributed by atoms with E-state index in [0.717, 1.165) is 16.7 Å². The summed E-state index contributed by atoms with van der Waals surface area (Å²) in [7, 11) is 3.08. The molecule has 0 heterocycles. The molecular weight excluding hydrogens is 328 g/mol. The van der Waals surface area contributed by atoms with Crippen LogP contribution >= 0.6 is 0 Å². The summed E-state index contributed by atoms with van der Waals surface area (Å²) in [5.74, 6) is 0.751. The number of amides is 1. The topological polar surface area (TPSA) is 59.9 Å². The van der Waals surface area contributed by atoms with Gasteiger partial charge in [0.1, 0.15) is 0 Å². The zero-order valence-corrected chi connectivity index (χ0v) is 14.9.